The quantitative estimate of drug-likeness (QED) is 0.457. The number of hydrogen-bond donors (Lipinski definition) is 1. The molecule has 0 aliphatic rings. The van der Waals surface area contributed by atoms with E-state index in [1.54, 1.807) is 54.8 Å². The Bertz CT molecular complexity index is 1000. The lowest BCUT2D eigenvalue weighted by Gasteiger charge is -2.10. The fraction of sp³-hybridized carbons (Fsp3) is 0.150. The zero-order valence-electron chi connectivity index (χ0n) is 15.3. The number of thiazole rings is 1. The molecule has 1 amide bonds. The van der Waals surface area contributed by atoms with Gasteiger partial charge in [-0.05, 0) is 48.9 Å². The molecule has 2 aromatic carbocycles. The normalized spacial score (nSPS) is 10.8. The second kappa shape index (κ2) is 9.34. The van der Waals surface area contributed by atoms with Gasteiger partial charge in [0.15, 0.2) is 11.5 Å². The Balaban J connectivity index is 1.62. The molecule has 0 aliphatic heterocycles. The molecular formula is C20H18ClN3O3S. The third kappa shape index (κ3) is 5.31. The number of benzene rings is 2. The maximum Gasteiger partial charge on any atom is 0.271 e. The molecule has 0 radical (unpaired) electrons. The lowest BCUT2D eigenvalue weighted by atomic mass is 10.2. The second-order valence-electron chi connectivity index (χ2n) is 5.77. The molecule has 3 aromatic rings. The molecule has 8 heteroatoms. The minimum absolute atomic E-state index is 0.343. The van der Waals surface area contributed by atoms with E-state index < -0.39 is 0 Å². The first-order valence-electron chi connectivity index (χ1n) is 8.36. The Morgan fingerprint density at radius 1 is 1.29 bits per heavy atom. The predicted molar refractivity (Wildman–Crippen MR) is 111 cm³/mol. The van der Waals surface area contributed by atoms with Gasteiger partial charge in [0.25, 0.3) is 5.91 Å². The zero-order chi connectivity index (χ0) is 19.9. The van der Waals surface area contributed by atoms with Crippen molar-refractivity contribution >= 4 is 35.1 Å². The fourth-order valence-corrected chi connectivity index (χ4v) is 3.16. The first kappa shape index (κ1) is 19.9. The van der Waals surface area contributed by atoms with Crippen molar-refractivity contribution in [3.8, 4) is 11.5 Å². The highest BCUT2D eigenvalue weighted by molar-refractivity contribution is 7.09. The van der Waals surface area contributed by atoms with Crippen molar-refractivity contribution in [3.63, 3.8) is 0 Å². The number of amides is 1. The number of aromatic nitrogens is 1. The van der Waals surface area contributed by atoms with Gasteiger partial charge in [0, 0.05) is 16.0 Å². The van der Waals surface area contributed by atoms with E-state index in [-0.39, 0.29) is 5.91 Å². The van der Waals surface area contributed by atoms with Crippen LogP contribution in [0.25, 0.3) is 0 Å². The van der Waals surface area contributed by atoms with Crippen molar-refractivity contribution in [3.05, 3.63) is 74.7 Å². The monoisotopic (exact) mass is 415 g/mol. The van der Waals surface area contributed by atoms with Gasteiger partial charge in [-0.3, -0.25) is 4.79 Å². The number of ether oxygens (including phenoxy) is 2. The lowest BCUT2D eigenvalue weighted by molar-refractivity contribution is 0.0955. The SMILES string of the molecule is COc1cc(/C=N\NC(=O)c2cccc(Cl)c2)ccc1OCc1csc(C)n1. The minimum Gasteiger partial charge on any atom is -0.493 e. The van der Waals surface area contributed by atoms with Crippen molar-refractivity contribution in [2.45, 2.75) is 13.5 Å². The van der Waals surface area contributed by atoms with Crippen LogP contribution in [0.1, 0.15) is 26.6 Å². The van der Waals surface area contributed by atoms with Gasteiger partial charge < -0.3 is 9.47 Å². The highest BCUT2D eigenvalue weighted by atomic mass is 35.5. The molecule has 6 nitrogen and oxygen atoms in total. The predicted octanol–water partition coefficient (Wildman–Crippen LogP) is 4.46. The Hall–Kier alpha value is -2.90. The van der Waals surface area contributed by atoms with Crippen molar-refractivity contribution in [1.82, 2.24) is 10.4 Å². The topological polar surface area (TPSA) is 72.8 Å². The highest BCUT2D eigenvalue weighted by Gasteiger charge is 2.08. The van der Waals surface area contributed by atoms with Crippen molar-refractivity contribution in [2.75, 3.05) is 7.11 Å². The molecule has 0 bridgehead atoms. The van der Waals surface area contributed by atoms with Crippen LogP contribution in [0.15, 0.2) is 52.9 Å². The molecular weight excluding hydrogens is 398 g/mol. The van der Waals surface area contributed by atoms with Gasteiger partial charge in [0.2, 0.25) is 0 Å². The van der Waals surface area contributed by atoms with E-state index in [0.29, 0.717) is 28.7 Å². The molecule has 1 N–H and O–H groups in total. The molecule has 0 spiro atoms. The number of aryl methyl sites for hydroxylation is 1. The number of hydrogen-bond acceptors (Lipinski definition) is 6. The smallest absolute Gasteiger partial charge is 0.271 e. The summed E-state index contributed by atoms with van der Waals surface area (Å²) in [6.07, 6.45) is 1.53. The fourth-order valence-electron chi connectivity index (χ4n) is 2.37. The maximum absolute atomic E-state index is 12.1. The third-order valence-corrected chi connectivity index (χ3v) is 4.75. The molecule has 1 heterocycles. The van der Waals surface area contributed by atoms with E-state index in [0.717, 1.165) is 16.3 Å². The highest BCUT2D eigenvalue weighted by Crippen LogP contribution is 2.28. The van der Waals surface area contributed by atoms with Crippen LogP contribution in [0.5, 0.6) is 11.5 Å². The first-order chi connectivity index (χ1) is 13.5. The maximum atomic E-state index is 12.1. The molecule has 0 atom stereocenters. The minimum atomic E-state index is -0.343. The van der Waals surface area contributed by atoms with Gasteiger partial charge in [-0.25, -0.2) is 10.4 Å². The number of carbonyl (C=O) groups excluding carboxylic acids is 1. The van der Waals surface area contributed by atoms with Gasteiger partial charge >= 0.3 is 0 Å². The average Bonchev–Trinajstić information content (AvgIpc) is 3.12. The standard InChI is InChI=1S/C20H18ClN3O3S/c1-13-23-17(12-28-13)11-27-18-7-6-14(8-19(18)26-2)10-22-24-20(25)15-4-3-5-16(21)9-15/h3-10,12H,11H2,1-2H3,(H,24,25)/b22-10-. The summed E-state index contributed by atoms with van der Waals surface area (Å²) in [4.78, 5) is 16.4. The van der Waals surface area contributed by atoms with Gasteiger partial charge in [-0.15, -0.1) is 11.3 Å². The summed E-state index contributed by atoms with van der Waals surface area (Å²) in [5, 5.41) is 7.43. The Kier molecular flexibility index (Phi) is 6.62. The van der Waals surface area contributed by atoms with E-state index in [4.69, 9.17) is 21.1 Å². The summed E-state index contributed by atoms with van der Waals surface area (Å²) in [6, 6.07) is 12.0. The van der Waals surface area contributed by atoms with E-state index >= 15 is 0 Å². The molecule has 0 aliphatic carbocycles. The van der Waals surface area contributed by atoms with Crippen LogP contribution >= 0.6 is 22.9 Å². The van der Waals surface area contributed by atoms with E-state index in [1.807, 2.05) is 18.4 Å². The lowest BCUT2D eigenvalue weighted by Crippen LogP contribution is -2.17. The number of halogens is 1. The van der Waals surface area contributed by atoms with Crippen LogP contribution in [0, 0.1) is 6.92 Å². The number of rotatable bonds is 7. The largest absolute Gasteiger partial charge is 0.493 e. The number of carbonyl (C=O) groups is 1. The van der Waals surface area contributed by atoms with Crippen LogP contribution < -0.4 is 14.9 Å². The number of nitrogens with zero attached hydrogens (tertiary/aromatic N) is 2. The van der Waals surface area contributed by atoms with E-state index in [9.17, 15) is 4.79 Å². The van der Waals surface area contributed by atoms with Crippen LogP contribution in [0.3, 0.4) is 0 Å². The van der Waals surface area contributed by atoms with Crippen molar-refractivity contribution in [1.29, 1.82) is 0 Å². The molecule has 1 aromatic heterocycles. The van der Waals surface area contributed by atoms with E-state index in [1.165, 1.54) is 6.21 Å². The first-order valence-corrected chi connectivity index (χ1v) is 9.62. The van der Waals surface area contributed by atoms with Crippen molar-refractivity contribution < 1.29 is 14.3 Å². The molecule has 3 rings (SSSR count). The summed E-state index contributed by atoms with van der Waals surface area (Å²) in [6.45, 7) is 2.32. The summed E-state index contributed by atoms with van der Waals surface area (Å²) in [7, 11) is 1.57. The molecule has 0 saturated heterocycles. The third-order valence-electron chi connectivity index (χ3n) is 3.70. The second-order valence-corrected chi connectivity index (χ2v) is 7.26. The number of hydrazone groups is 1. The molecule has 0 saturated carbocycles. The molecule has 0 fully saturated rings. The van der Waals surface area contributed by atoms with Crippen LogP contribution in [0.2, 0.25) is 5.02 Å². The van der Waals surface area contributed by atoms with Crippen LogP contribution in [-0.4, -0.2) is 24.2 Å². The average molecular weight is 416 g/mol. The molecule has 0 unspecified atom stereocenters. The number of nitrogens with one attached hydrogen (secondary N) is 1. The summed E-state index contributed by atoms with van der Waals surface area (Å²) in [5.74, 6) is 0.828. The van der Waals surface area contributed by atoms with Crippen molar-refractivity contribution in [2.24, 2.45) is 5.10 Å². The Labute approximate surface area is 171 Å². The zero-order valence-corrected chi connectivity index (χ0v) is 16.9. The van der Waals surface area contributed by atoms with Crippen LogP contribution in [-0.2, 0) is 6.61 Å². The summed E-state index contributed by atoms with van der Waals surface area (Å²) >= 11 is 7.47. The van der Waals surface area contributed by atoms with Crippen LogP contribution in [0.4, 0.5) is 0 Å². The molecule has 28 heavy (non-hydrogen) atoms. The number of methoxy groups -OCH3 is 1. The van der Waals surface area contributed by atoms with Gasteiger partial charge in [0.1, 0.15) is 6.61 Å². The van der Waals surface area contributed by atoms with Gasteiger partial charge in [0.05, 0.1) is 24.0 Å². The summed E-state index contributed by atoms with van der Waals surface area (Å²) in [5.41, 5.74) is 4.53. The van der Waals surface area contributed by atoms with Gasteiger partial charge in [-0.1, -0.05) is 17.7 Å². The molecule has 144 valence electrons. The van der Waals surface area contributed by atoms with Gasteiger partial charge in [-0.2, -0.15) is 5.10 Å². The Morgan fingerprint density at radius 2 is 2.14 bits per heavy atom. The van der Waals surface area contributed by atoms with E-state index in [2.05, 4.69) is 15.5 Å². The summed E-state index contributed by atoms with van der Waals surface area (Å²) < 4.78 is 11.2. The Morgan fingerprint density at radius 3 is 2.86 bits per heavy atom.